The topological polar surface area (TPSA) is 130 Å². The number of oxazole rings is 1. The average Bonchev–Trinajstić information content (AvgIpc) is 3.49. The van der Waals surface area contributed by atoms with Crippen molar-refractivity contribution in [1.29, 1.82) is 0 Å². The second kappa shape index (κ2) is 9.51. The molecule has 0 radical (unpaired) electrons. The smallest absolute Gasteiger partial charge is 0.307 e. The van der Waals surface area contributed by atoms with Gasteiger partial charge in [0.1, 0.15) is 0 Å². The standard InChI is InChI=1S/C22H26N8O3/c1-14-3-2-4-15(11-14)12-24-29-22-27-18(30-7-9-32-10-8-30)17-20(28-22)33-21(26-17)19(31)25-16-5-6-23-13-16/h2-4,11-12,16,23H,5-10,13H2,1H3,(H,25,31)(H,27,28,29)/b24-12+. The van der Waals surface area contributed by atoms with Gasteiger partial charge in [0.25, 0.3) is 11.6 Å². The third-order valence-electron chi connectivity index (χ3n) is 5.56. The third kappa shape index (κ3) is 4.94. The zero-order valence-electron chi connectivity index (χ0n) is 18.4. The Balaban J connectivity index is 1.43. The maximum atomic E-state index is 12.7. The molecule has 2 aliphatic heterocycles. The Morgan fingerprint density at radius 3 is 2.94 bits per heavy atom. The van der Waals surface area contributed by atoms with Gasteiger partial charge in [-0.1, -0.05) is 29.8 Å². The molecule has 0 aliphatic carbocycles. The number of nitrogens with one attached hydrogen (secondary N) is 3. The highest BCUT2D eigenvalue weighted by Gasteiger charge is 2.25. The van der Waals surface area contributed by atoms with Crippen molar-refractivity contribution in [2.45, 2.75) is 19.4 Å². The number of fused-ring (bicyclic) bond motifs is 1. The van der Waals surface area contributed by atoms with E-state index in [1.165, 1.54) is 0 Å². The summed E-state index contributed by atoms with van der Waals surface area (Å²) >= 11 is 0. The number of aryl methyl sites for hydroxylation is 1. The van der Waals surface area contributed by atoms with Crippen molar-refractivity contribution in [1.82, 2.24) is 25.6 Å². The fourth-order valence-electron chi connectivity index (χ4n) is 3.89. The molecule has 3 aromatic rings. The summed E-state index contributed by atoms with van der Waals surface area (Å²) in [4.78, 5) is 28.2. The summed E-state index contributed by atoms with van der Waals surface area (Å²) in [6, 6.07) is 8.04. The van der Waals surface area contributed by atoms with Crippen molar-refractivity contribution in [3.05, 3.63) is 41.3 Å². The number of carbonyl (C=O) groups is 1. The first-order valence-corrected chi connectivity index (χ1v) is 11.0. The Bertz CT molecular complexity index is 1170. The number of nitrogens with zero attached hydrogens (tertiary/aromatic N) is 5. The van der Waals surface area contributed by atoms with Crippen LogP contribution in [0.2, 0.25) is 0 Å². The zero-order valence-corrected chi connectivity index (χ0v) is 18.4. The van der Waals surface area contributed by atoms with Crippen LogP contribution in [0, 0.1) is 6.92 Å². The van der Waals surface area contributed by atoms with E-state index in [9.17, 15) is 4.79 Å². The SMILES string of the molecule is Cc1cccc(/C=N/Nc2nc(N3CCOCC3)c3nc(C(=O)NC4CCNC4)oc3n2)c1. The molecule has 2 aromatic heterocycles. The van der Waals surface area contributed by atoms with E-state index < -0.39 is 0 Å². The van der Waals surface area contributed by atoms with Crippen molar-refractivity contribution in [3.63, 3.8) is 0 Å². The molecular weight excluding hydrogens is 424 g/mol. The van der Waals surface area contributed by atoms with Crippen LogP contribution < -0.4 is 21.0 Å². The van der Waals surface area contributed by atoms with Gasteiger partial charge >= 0.3 is 5.91 Å². The molecule has 11 heteroatoms. The first kappa shape index (κ1) is 21.3. The minimum atomic E-state index is -0.360. The molecule has 2 fully saturated rings. The summed E-state index contributed by atoms with van der Waals surface area (Å²) in [6.45, 7) is 6.11. The van der Waals surface area contributed by atoms with E-state index in [1.54, 1.807) is 6.21 Å². The molecule has 2 saturated heterocycles. The number of hydrazone groups is 1. The molecule has 5 rings (SSSR count). The van der Waals surface area contributed by atoms with Gasteiger partial charge in [-0.2, -0.15) is 20.1 Å². The molecule has 1 unspecified atom stereocenters. The Hall–Kier alpha value is -3.57. The highest BCUT2D eigenvalue weighted by Crippen LogP contribution is 2.26. The maximum Gasteiger partial charge on any atom is 0.307 e. The van der Waals surface area contributed by atoms with Gasteiger partial charge in [-0.3, -0.25) is 4.79 Å². The van der Waals surface area contributed by atoms with Crippen LogP contribution in [0.15, 0.2) is 33.8 Å². The quantitative estimate of drug-likeness (QED) is 0.376. The van der Waals surface area contributed by atoms with Crippen molar-refractivity contribution in [3.8, 4) is 0 Å². The van der Waals surface area contributed by atoms with Gasteiger partial charge in [0.2, 0.25) is 5.95 Å². The largest absolute Gasteiger partial charge is 0.413 e. The lowest BCUT2D eigenvalue weighted by atomic mass is 10.2. The molecule has 1 aromatic carbocycles. The number of aromatic nitrogens is 3. The monoisotopic (exact) mass is 450 g/mol. The Labute approximate surface area is 190 Å². The molecule has 0 spiro atoms. The molecule has 1 atom stereocenters. The number of ether oxygens (including phenoxy) is 1. The Morgan fingerprint density at radius 2 is 2.15 bits per heavy atom. The Morgan fingerprint density at radius 1 is 1.27 bits per heavy atom. The summed E-state index contributed by atoms with van der Waals surface area (Å²) in [7, 11) is 0. The van der Waals surface area contributed by atoms with Crippen LogP contribution in [0.4, 0.5) is 11.8 Å². The van der Waals surface area contributed by atoms with Crippen molar-refractivity contribution in [2.24, 2.45) is 5.10 Å². The van der Waals surface area contributed by atoms with Gasteiger partial charge in [0.05, 0.1) is 19.4 Å². The minimum absolute atomic E-state index is 0.0267. The van der Waals surface area contributed by atoms with E-state index in [2.05, 4.69) is 36.1 Å². The molecule has 11 nitrogen and oxygen atoms in total. The average molecular weight is 451 g/mol. The molecule has 172 valence electrons. The van der Waals surface area contributed by atoms with Crippen LogP contribution in [0.1, 0.15) is 28.2 Å². The van der Waals surface area contributed by atoms with Gasteiger partial charge in [0, 0.05) is 25.7 Å². The second-order valence-corrected chi connectivity index (χ2v) is 8.09. The van der Waals surface area contributed by atoms with E-state index in [-0.39, 0.29) is 29.5 Å². The van der Waals surface area contributed by atoms with Gasteiger partial charge in [0.15, 0.2) is 11.3 Å². The number of amides is 1. The lowest BCUT2D eigenvalue weighted by Gasteiger charge is -2.27. The molecule has 4 heterocycles. The molecule has 33 heavy (non-hydrogen) atoms. The number of anilines is 2. The van der Waals surface area contributed by atoms with Gasteiger partial charge in [-0.25, -0.2) is 5.43 Å². The van der Waals surface area contributed by atoms with E-state index in [4.69, 9.17) is 9.15 Å². The molecule has 2 aliphatic rings. The maximum absolute atomic E-state index is 12.7. The minimum Gasteiger partial charge on any atom is -0.413 e. The fourth-order valence-corrected chi connectivity index (χ4v) is 3.89. The number of rotatable bonds is 6. The highest BCUT2D eigenvalue weighted by molar-refractivity contribution is 5.94. The normalized spacial score (nSPS) is 18.8. The number of hydrogen-bond acceptors (Lipinski definition) is 10. The number of carbonyl (C=O) groups excluding carboxylic acids is 1. The molecule has 0 bridgehead atoms. The van der Waals surface area contributed by atoms with Gasteiger partial charge < -0.3 is 24.7 Å². The van der Waals surface area contributed by atoms with Crippen LogP contribution in [0.25, 0.3) is 11.2 Å². The molecular formula is C22H26N8O3. The summed E-state index contributed by atoms with van der Waals surface area (Å²) in [6.07, 6.45) is 2.57. The van der Waals surface area contributed by atoms with Crippen LogP contribution in [0.3, 0.4) is 0 Å². The summed E-state index contributed by atoms with van der Waals surface area (Å²) in [5, 5.41) is 10.4. The van der Waals surface area contributed by atoms with Gasteiger partial charge in [-0.15, -0.1) is 0 Å². The summed E-state index contributed by atoms with van der Waals surface area (Å²) in [5.74, 6) is 0.459. The number of hydrogen-bond donors (Lipinski definition) is 3. The van der Waals surface area contributed by atoms with E-state index >= 15 is 0 Å². The Kier molecular flexibility index (Phi) is 6.13. The predicted molar refractivity (Wildman–Crippen MR) is 124 cm³/mol. The summed E-state index contributed by atoms with van der Waals surface area (Å²) in [5.41, 5.74) is 5.65. The number of benzene rings is 1. The van der Waals surface area contributed by atoms with E-state index in [0.29, 0.717) is 37.6 Å². The van der Waals surface area contributed by atoms with Crippen molar-refractivity contribution >= 4 is 35.1 Å². The van der Waals surface area contributed by atoms with Gasteiger partial charge in [-0.05, 0) is 25.5 Å². The molecule has 0 saturated carbocycles. The number of morpholine rings is 1. The first-order chi connectivity index (χ1) is 16.2. The van der Waals surface area contributed by atoms with Crippen LogP contribution in [-0.4, -0.2) is 72.5 Å². The van der Waals surface area contributed by atoms with Crippen molar-refractivity contribution < 1.29 is 13.9 Å². The fraction of sp³-hybridized carbons (Fsp3) is 0.409. The summed E-state index contributed by atoms with van der Waals surface area (Å²) < 4.78 is 11.2. The van der Waals surface area contributed by atoms with Crippen LogP contribution in [-0.2, 0) is 4.74 Å². The lowest BCUT2D eigenvalue weighted by Crippen LogP contribution is -2.37. The van der Waals surface area contributed by atoms with Crippen LogP contribution >= 0.6 is 0 Å². The molecule has 3 N–H and O–H groups in total. The highest BCUT2D eigenvalue weighted by atomic mass is 16.5. The first-order valence-electron chi connectivity index (χ1n) is 11.0. The predicted octanol–water partition coefficient (Wildman–Crippen LogP) is 1.30. The lowest BCUT2D eigenvalue weighted by molar-refractivity contribution is 0.0907. The molecule has 1 amide bonds. The van der Waals surface area contributed by atoms with Crippen LogP contribution in [0.5, 0.6) is 0 Å². The second-order valence-electron chi connectivity index (χ2n) is 8.09. The van der Waals surface area contributed by atoms with E-state index in [0.717, 1.165) is 30.6 Å². The third-order valence-corrected chi connectivity index (χ3v) is 5.56. The van der Waals surface area contributed by atoms with E-state index in [1.807, 2.05) is 36.1 Å². The van der Waals surface area contributed by atoms with Crippen molar-refractivity contribution in [2.75, 3.05) is 49.7 Å². The zero-order chi connectivity index (χ0) is 22.6.